The van der Waals surface area contributed by atoms with Crippen LogP contribution < -0.4 is 4.90 Å². The van der Waals surface area contributed by atoms with Gasteiger partial charge in [0.2, 0.25) is 0 Å². The van der Waals surface area contributed by atoms with Gasteiger partial charge in [0.05, 0.1) is 16.9 Å². The molecule has 0 N–H and O–H groups in total. The van der Waals surface area contributed by atoms with Crippen LogP contribution in [0.25, 0.3) is 11.4 Å². The number of pyridine rings is 1. The average Bonchev–Trinajstić information content (AvgIpc) is 2.94. The van der Waals surface area contributed by atoms with Gasteiger partial charge in [-0.05, 0) is 30.9 Å². The molecule has 3 nitrogen and oxygen atoms in total. The quantitative estimate of drug-likeness (QED) is 0.827. The summed E-state index contributed by atoms with van der Waals surface area (Å²) in [6.07, 6.45) is 2.53. The fraction of sp³-hybridized carbons (Fsp3) is 0.429. The van der Waals surface area contributed by atoms with Crippen molar-refractivity contribution in [2.45, 2.75) is 19.8 Å². The van der Waals surface area contributed by atoms with E-state index in [1.54, 1.807) is 11.3 Å². The van der Waals surface area contributed by atoms with Crippen LogP contribution >= 0.6 is 11.3 Å². The summed E-state index contributed by atoms with van der Waals surface area (Å²) in [4.78, 5) is 11.4. The summed E-state index contributed by atoms with van der Waals surface area (Å²) in [7, 11) is 0. The molecule has 1 aliphatic rings. The summed E-state index contributed by atoms with van der Waals surface area (Å²) in [5.41, 5.74) is 3.81. The second-order valence-corrected chi connectivity index (χ2v) is 5.64. The molecule has 0 spiro atoms. The number of thiazole rings is 1. The maximum atomic E-state index is 4.73. The second-order valence-electron chi connectivity index (χ2n) is 4.92. The Morgan fingerprint density at radius 2 is 2.06 bits per heavy atom. The number of rotatable bonds is 2. The van der Waals surface area contributed by atoms with Crippen LogP contribution in [0, 0.1) is 5.92 Å². The molecule has 0 aliphatic carbocycles. The van der Waals surface area contributed by atoms with E-state index in [0.29, 0.717) is 0 Å². The molecule has 2 aromatic heterocycles. The molecule has 0 amide bonds. The molecule has 4 heteroatoms. The van der Waals surface area contributed by atoms with E-state index in [4.69, 9.17) is 4.98 Å². The maximum absolute atomic E-state index is 4.73. The molecule has 1 fully saturated rings. The highest BCUT2D eigenvalue weighted by molar-refractivity contribution is 7.07. The fourth-order valence-corrected chi connectivity index (χ4v) is 2.86. The highest BCUT2D eigenvalue weighted by Crippen LogP contribution is 2.24. The first kappa shape index (κ1) is 11.7. The van der Waals surface area contributed by atoms with E-state index in [0.717, 1.165) is 36.2 Å². The van der Waals surface area contributed by atoms with Crippen LogP contribution in [0.4, 0.5) is 5.82 Å². The van der Waals surface area contributed by atoms with Crippen molar-refractivity contribution in [3.63, 3.8) is 0 Å². The zero-order chi connectivity index (χ0) is 12.4. The zero-order valence-electron chi connectivity index (χ0n) is 10.5. The van der Waals surface area contributed by atoms with E-state index < -0.39 is 0 Å². The summed E-state index contributed by atoms with van der Waals surface area (Å²) >= 11 is 1.61. The van der Waals surface area contributed by atoms with E-state index in [1.807, 2.05) is 17.0 Å². The third-order valence-corrected chi connectivity index (χ3v) is 4.12. The Bertz CT molecular complexity index is 502. The van der Waals surface area contributed by atoms with Gasteiger partial charge in [0.25, 0.3) is 0 Å². The third-order valence-electron chi connectivity index (χ3n) is 3.54. The zero-order valence-corrected chi connectivity index (χ0v) is 11.4. The molecule has 3 rings (SSSR count). The van der Waals surface area contributed by atoms with Crippen molar-refractivity contribution < 1.29 is 0 Å². The van der Waals surface area contributed by atoms with Crippen molar-refractivity contribution in [2.75, 3.05) is 18.0 Å². The molecule has 1 aliphatic heterocycles. The van der Waals surface area contributed by atoms with Crippen LogP contribution in [0.15, 0.2) is 29.1 Å². The minimum absolute atomic E-state index is 0.850. The molecule has 0 unspecified atom stereocenters. The maximum Gasteiger partial charge on any atom is 0.129 e. The van der Waals surface area contributed by atoms with Crippen LogP contribution in [0.2, 0.25) is 0 Å². The van der Waals surface area contributed by atoms with Crippen molar-refractivity contribution in [3.05, 3.63) is 29.1 Å². The molecule has 94 valence electrons. The molecular formula is C14H17N3S. The first-order valence-corrected chi connectivity index (χ1v) is 7.38. The van der Waals surface area contributed by atoms with Crippen LogP contribution in [0.5, 0.6) is 0 Å². The Morgan fingerprint density at radius 3 is 2.78 bits per heavy atom. The van der Waals surface area contributed by atoms with E-state index in [-0.39, 0.29) is 0 Å². The van der Waals surface area contributed by atoms with Gasteiger partial charge in [-0.25, -0.2) is 9.97 Å². The Hall–Kier alpha value is -1.42. The summed E-state index contributed by atoms with van der Waals surface area (Å²) in [5, 5.41) is 2.05. The smallest absolute Gasteiger partial charge is 0.129 e. The van der Waals surface area contributed by atoms with Gasteiger partial charge in [-0.1, -0.05) is 13.0 Å². The van der Waals surface area contributed by atoms with Crippen LogP contribution in [0.3, 0.4) is 0 Å². The number of piperidine rings is 1. The molecule has 18 heavy (non-hydrogen) atoms. The Kier molecular flexibility index (Phi) is 3.28. The van der Waals surface area contributed by atoms with Gasteiger partial charge in [0.1, 0.15) is 5.82 Å². The Balaban J connectivity index is 1.83. The predicted molar refractivity (Wildman–Crippen MR) is 76.0 cm³/mol. The van der Waals surface area contributed by atoms with Crippen molar-refractivity contribution in [1.82, 2.24) is 9.97 Å². The van der Waals surface area contributed by atoms with E-state index in [9.17, 15) is 0 Å². The first-order valence-electron chi connectivity index (χ1n) is 6.43. The van der Waals surface area contributed by atoms with Crippen molar-refractivity contribution in [1.29, 1.82) is 0 Å². The summed E-state index contributed by atoms with van der Waals surface area (Å²) < 4.78 is 0. The van der Waals surface area contributed by atoms with Gasteiger partial charge in [-0.2, -0.15) is 0 Å². The first-order chi connectivity index (χ1) is 8.83. The van der Waals surface area contributed by atoms with Gasteiger partial charge >= 0.3 is 0 Å². The molecule has 0 bridgehead atoms. The number of anilines is 1. The lowest BCUT2D eigenvalue weighted by atomic mass is 9.99. The van der Waals surface area contributed by atoms with Gasteiger partial charge < -0.3 is 4.90 Å². The monoisotopic (exact) mass is 259 g/mol. The Labute approximate surface area is 112 Å². The second kappa shape index (κ2) is 5.06. The largest absolute Gasteiger partial charge is 0.357 e. The van der Waals surface area contributed by atoms with E-state index in [2.05, 4.69) is 28.9 Å². The topological polar surface area (TPSA) is 29.0 Å². The number of aromatic nitrogens is 2. The van der Waals surface area contributed by atoms with E-state index >= 15 is 0 Å². The van der Waals surface area contributed by atoms with Crippen LogP contribution in [-0.4, -0.2) is 23.1 Å². The molecule has 0 saturated carbocycles. The van der Waals surface area contributed by atoms with Gasteiger partial charge in [-0.3, -0.25) is 0 Å². The molecule has 1 saturated heterocycles. The minimum atomic E-state index is 0.850. The molecule has 0 aromatic carbocycles. The standard InChI is InChI=1S/C14H17N3S/c1-11-5-7-17(8-6-11)14-4-2-3-12(16-14)13-9-18-10-15-13/h2-4,9-11H,5-8H2,1H3. The molecule has 0 atom stereocenters. The van der Waals surface area contributed by atoms with E-state index in [1.165, 1.54) is 12.8 Å². The minimum Gasteiger partial charge on any atom is -0.357 e. The summed E-state index contributed by atoms with van der Waals surface area (Å²) in [5.74, 6) is 1.94. The normalized spacial score (nSPS) is 17.1. The fourth-order valence-electron chi connectivity index (χ4n) is 2.32. The number of hydrogen-bond acceptors (Lipinski definition) is 4. The lowest BCUT2D eigenvalue weighted by Gasteiger charge is -2.31. The summed E-state index contributed by atoms with van der Waals surface area (Å²) in [6.45, 7) is 4.57. The third kappa shape index (κ3) is 2.38. The number of hydrogen-bond donors (Lipinski definition) is 0. The van der Waals surface area contributed by atoms with Crippen molar-refractivity contribution in [3.8, 4) is 11.4 Å². The lowest BCUT2D eigenvalue weighted by Crippen LogP contribution is -2.33. The predicted octanol–water partition coefficient (Wildman–Crippen LogP) is 3.44. The molecule has 0 radical (unpaired) electrons. The molecular weight excluding hydrogens is 242 g/mol. The number of nitrogens with zero attached hydrogens (tertiary/aromatic N) is 3. The van der Waals surface area contributed by atoms with Crippen LogP contribution in [0.1, 0.15) is 19.8 Å². The van der Waals surface area contributed by atoms with Crippen molar-refractivity contribution >= 4 is 17.2 Å². The molecule has 3 heterocycles. The van der Waals surface area contributed by atoms with Gasteiger partial charge in [0, 0.05) is 18.5 Å². The SMILES string of the molecule is CC1CCN(c2cccc(-c3cscn3)n2)CC1. The average molecular weight is 259 g/mol. The van der Waals surface area contributed by atoms with Crippen LogP contribution in [-0.2, 0) is 0 Å². The summed E-state index contributed by atoms with van der Waals surface area (Å²) in [6, 6.07) is 6.21. The van der Waals surface area contributed by atoms with Gasteiger partial charge in [0.15, 0.2) is 0 Å². The van der Waals surface area contributed by atoms with Gasteiger partial charge in [-0.15, -0.1) is 11.3 Å². The lowest BCUT2D eigenvalue weighted by molar-refractivity contribution is 0.436. The molecule has 2 aromatic rings. The van der Waals surface area contributed by atoms with Crippen molar-refractivity contribution in [2.24, 2.45) is 5.92 Å². The highest BCUT2D eigenvalue weighted by Gasteiger charge is 2.17. The highest BCUT2D eigenvalue weighted by atomic mass is 32.1. The Morgan fingerprint density at radius 1 is 1.22 bits per heavy atom.